The molecule has 0 radical (unpaired) electrons. The molecule has 130 valence electrons. The second-order valence-electron chi connectivity index (χ2n) is 6.60. The summed E-state index contributed by atoms with van der Waals surface area (Å²) in [5.41, 5.74) is 7.32. The lowest BCUT2D eigenvalue weighted by atomic mass is 9.95. The van der Waals surface area contributed by atoms with Crippen LogP contribution in [0.3, 0.4) is 0 Å². The van der Waals surface area contributed by atoms with Gasteiger partial charge in [0.1, 0.15) is 17.5 Å². The molecule has 2 heterocycles. The zero-order chi connectivity index (χ0) is 17.9. The number of hydrogen-bond donors (Lipinski definition) is 0. The van der Waals surface area contributed by atoms with Gasteiger partial charge in [-0.1, -0.05) is 61.4 Å². The van der Waals surface area contributed by atoms with E-state index in [1.165, 1.54) is 16.7 Å². The topological polar surface area (TPSA) is 43.6 Å². The first-order valence-electron chi connectivity index (χ1n) is 9.10. The van der Waals surface area contributed by atoms with Gasteiger partial charge in [-0.05, 0) is 30.5 Å². The Kier molecular flexibility index (Phi) is 4.48. The molecule has 0 atom stereocenters. The number of aryl methyl sites for hydroxylation is 2. The molecule has 0 aliphatic heterocycles. The third kappa shape index (κ3) is 2.99. The van der Waals surface area contributed by atoms with E-state index in [0.717, 1.165) is 41.8 Å². The normalized spacial score (nSPS) is 11.2. The van der Waals surface area contributed by atoms with Crippen molar-refractivity contribution in [2.45, 2.75) is 33.2 Å². The van der Waals surface area contributed by atoms with Gasteiger partial charge < -0.3 is 4.57 Å². The van der Waals surface area contributed by atoms with E-state index in [1.807, 2.05) is 12.4 Å². The lowest BCUT2D eigenvalue weighted by Crippen LogP contribution is -1.98. The molecule has 4 heteroatoms. The molecule has 4 aromatic rings. The van der Waals surface area contributed by atoms with E-state index in [-0.39, 0.29) is 0 Å². The molecule has 0 N–H and O–H groups in total. The van der Waals surface area contributed by atoms with Gasteiger partial charge in [0, 0.05) is 12.1 Å². The van der Waals surface area contributed by atoms with Gasteiger partial charge in [0.05, 0.1) is 6.33 Å². The standard InChI is InChI=1S/C22H22N4/c1-3-4-12-26-15-25-21-20(23-14-24-22(21)26)19-13-16(2)10-11-18(19)17-8-6-5-7-9-17/h5-11,13-15H,3-4,12H2,1-2H3. The van der Waals surface area contributed by atoms with E-state index < -0.39 is 0 Å². The number of fused-ring (bicyclic) bond motifs is 1. The molecule has 0 unspecified atom stereocenters. The van der Waals surface area contributed by atoms with Crippen molar-refractivity contribution in [1.29, 1.82) is 0 Å². The van der Waals surface area contributed by atoms with Crippen LogP contribution in [0.2, 0.25) is 0 Å². The first-order valence-corrected chi connectivity index (χ1v) is 9.10. The molecule has 0 amide bonds. The summed E-state index contributed by atoms with van der Waals surface area (Å²) in [5, 5.41) is 0. The van der Waals surface area contributed by atoms with Crippen LogP contribution in [0, 0.1) is 6.92 Å². The highest BCUT2D eigenvalue weighted by atomic mass is 15.1. The Morgan fingerprint density at radius 1 is 0.923 bits per heavy atom. The molecule has 0 bridgehead atoms. The van der Waals surface area contributed by atoms with Crippen LogP contribution >= 0.6 is 0 Å². The van der Waals surface area contributed by atoms with E-state index in [0.29, 0.717) is 0 Å². The summed E-state index contributed by atoms with van der Waals surface area (Å²) in [4.78, 5) is 13.8. The van der Waals surface area contributed by atoms with Crippen molar-refractivity contribution in [2.75, 3.05) is 0 Å². The van der Waals surface area contributed by atoms with Crippen LogP contribution in [0.25, 0.3) is 33.5 Å². The molecule has 4 nitrogen and oxygen atoms in total. The predicted molar refractivity (Wildman–Crippen MR) is 106 cm³/mol. The number of unbranched alkanes of at least 4 members (excludes halogenated alkanes) is 1. The smallest absolute Gasteiger partial charge is 0.163 e. The number of hydrogen-bond acceptors (Lipinski definition) is 3. The Balaban J connectivity index is 1.91. The molecule has 2 aromatic heterocycles. The van der Waals surface area contributed by atoms with Crippen molar-refractivity contribution < 1.29 is 0 Å². The number of benzene rings is 2. The van der Waals surface area contributed by atoms with Gasteiger partial charge in [-0.3, -0.25) is 0 Å². The van der Waals surface area contributed by atoms with Crippen molar-refractivity contribution in [3.05, 3.63) is 66.7 Å². The molecule has 0 fully saturated rings. The van der Waals surface area contributed by atoms with Crippen molar-refractivity contribution in [1.82, 2.24) is 19.5 Å². The summed E-state index contributed by atoms with van der Waals surface area (Å²) >= 11 is 0. The highest BCUT2D eigenvalue weighted by Crippen LogP contribution is 2.34. The van der Waals surface area contributed by atoms with Crippen LogP contribution in [-0.4, -0.2) is 19.5 Å². The molecular weight excluding hydrogens is 320 g/mol. The SMILES string of the molecule is CCCCn1cnc2c(-c3cc(C)ccc3-c3ccccc3)ncnc21. The van der Waals surface area contributed by atoms with E-state index in [9.17, 15) is 0 Å². The second-order valence-corrected chi connectivity index (χ2v) is 6.60. The Hall–Kier alpha value is -3.01. The zero-order valence-electron chi connectivity index (χ0n) is 15.2. The Bertz CT molecular complexity index is 1030. The third-order valence-corrected chi connectivity index (χ3v) is 4.67. The molecule has 2 aromatic carbocycles. The Morgan fingerprint density at radius 2 is 1.77 bits per heavy atom. The summed E-state index contributed by atoms with van der Waals surface area (Å²) in [6, 6.07) is 16.9. The van der Waals surface area contributed by atoms with E-state index in [4.69, 9.17) is 0 Å². The van der Waals surface area contributed by atoms with Gasteiger partial charge in [-0.25, -0.2) is 15.0 Å². The van der Waals surface area contributed by atoms with Gasteiger partial charge in [0.2, 0.25) is 0 Å². The maximum atomic E-state index is 4.65. The minimum absolute atomic E-state index is 0.867. The highest BCUT2D eigenvalue weighted by molar-refractivity contribution is 5.93. The number of imidazole rings is 1. The summed E-state index contributed by atoms with van der Waals surface area (Å²) < 4.78 is 2.13. The maximum absolute atomic E-state index is 4.65. The third-order valence-electron chi connectivity index (χ3n) is 4.67. The molecular formula is C22H22N4. The average Bonchev–Trinajstić information content (AvgIpc) is 3.10. The van der Waals surface area contributed by atoms with Crippen LogP contribution in [0.15, 0.2) is 61.2 Å². The first kappa shape index (κ1) is 16.5. The summed E-state index contributed by atoms with van der Waals surface area (Å²) in [5.74, 6) is 0. The van der Waals surface area contributed by atoms with Crippen molar-refractivity contribution in [2.24, 2.45) is 0 Å². The van der Waals surface area contributed by atoms with Crippen molar-refractivity contribution >= 4 is 11.2 Å². The summed E-state index contributed by atoms with van der Waals surface area (Å²) in [6.07, 6.45) is 5.80. The number of nitrogens with zero attached hydrogens (tertiary/aromatic N) is 4. The summed E-state index contributed by atoms with van der Waals surface area (Å²) in [6.45, 7) is 5.23. The minimum atomic E-state index is 0.867. The van der Waals surface area contributed by atoms with Crippen LogP contribution < -0.4 is 0 Å². The Labute approximate surface area is 153 Å². The fourth-order valence-electron chi connectivity index (χ4n) is 3.29. The maximum Gasteiger partial charge on any atom is 0.163 e. The van der Waals surface area contributed by atoms with Crippen LogP contribution in [0.1, 0.15) is 25.3 Å². The van der Waals surface area contributed by atoms with E-state index >= 15 is 0 Å². The van der Waals surface area contributed by atoms with Crippen LogP contribution in [0.5, 0.6) is 0 Å². The lowest BCUT2D eigenvalue weighted by molar-refractivity contribution is 0.641. The van der Waals surface area contributed by atoms with Crippen molar-refractivity contribution in [3.63, 3.8) is 0 Å². The highest BCUT2D eigenvalue weighted by Gasteiger charge is 2.15. The fourth-order valence-corrected chi connectivity index (χ4v) is 3.29. The van der Waals surface area contributed by atoms with Gasteiger partial charge in [-0.15, -0.1) is 0 Å². The molecule has 0 aliphatic carbocycles. The monoisotopic (exact) mass is 342 g/mol. The largest absolute Gasteiger partial charge is 0.315 e. The number of rotatable bonds is 5. The zero-order valence-corrected chi connectivity index (χ0v) is 15.2. The van der Waals surface area contributed by atoms with Crippen LogP contribution in [0.4, 0.5) is 0 Å². The predicted octanol–water partition coefficient (Wildman–Crippen LogP) is 5.27. The van der Waals surface area contributed by atoms with Crippen LogP contribution in [-0.2, 0) is 6.54 Å². The average molecular weight is 342 g/mol. The Morgan fingerprint density at radius 3 is 2.58 bits per heavy atom. The fraction of sp³-hybridized carbons (Fsp3) is 0.227. The molecule has 0 saturated heterocycles. The van der Waals surface area contributed by atoms with Gasteiger partial charge in [-0.2, -0.15) is 0 Å². The lowest BCUT2D eigenvalue weighted by Gasteiger charge is -2.11. The second kappa shape index (κ2) is 7.08. The van der Waals surface area contributed by atoms with Crippen molar-refractivity contribution in [3.8, 4) is 22.4 Å². The molecule has 4 rings (SSSR count). The minimum Gasteiger partial charge on any atom is -0.315 e. The van der Waals surface area contributed by atoms with E-state index in [1.54, 1.807) is 6.33 Å². The van der Waals surface area contributed by atoms with Gasteiger partial charge in [0.15, 0.2) is 5.65 Å². The molecule has 0 aliphatic rings. The molecule has 0 saturated carbocycles. The quantitative estimate of drug-likeness (QED) is 0.496. The molecule has 0 spiro atoms. The first-order chi connectivity index (χ1) is 12.8. The van der Waals surface area contributed by atoms with Gasteiger partial charge >= 0.3 is 0 Å². The van der Waals surface area contributed by atoms with E-state index in [2.05, 4.69) is 75.8 Å². The number of aromatic nitrogens is 4. The summed E-state index contributed by atoms with van der Waals surface area (Å²) in [7, 11) is 0. The molecule has 26 heavy (non-hydrogen) atoms. The van der Waals surface area contributed by atoms with Gasteiger partial charge in [0.25, 0.3) is 0 Å².